The van der Waals surface area contributed by atoms with Crippen LogP contribution in [0.25, 0.3) is 0 Å². The van der Waals surface area contributed by atoms with E-state index >= 15 is 0 Å². The van der Waals surface area contributed by atoms with E-state index in [-0.39, 0.29) is 22.8 Å². The molecule has 176 valence electrons. The van der Waals surface area contributed by atoms with Crippen molar-refractivity contribution < 1.29 is 18.8 Å². The lowest BCUT2D eigenvalue weighted by atomic mass is 9.89. The van der Waals surface area contributed by atoms with Crippen molar-refractivity contribution in [1.82, 2.24) is 20.2 Å². The summed E-state index contributed by atoms with van der Waals surface area (Å²) in [7, 11) is 0. The molecule has 0 bridgehead atoms. The molecule has 1 fully saturated rings. The van der Waals surface area contributed by atoms with Crippen LogP contribution >= 0.6 is 11.6 Å². The Morgan fingerprint density at radius 1 is 0.889 bits per heavy atom. The van der Waals surface area contributed by atoms with Gasteiger partial charge in [0.1, 0.15) is 17.6 Å². The molecule has 0 radical (unpaired) electrons. The normalized spacial score (nSPS) is 16.9. The lowest BCUT2D eigenvalue weighted by molar-refractivity contribution is -0.113. The standard InChI is InChI=1S/C25H14ClFN6O3/c26-16-10-6-14(7-11-16)20-19(22(34)15-8-12-17(27)13-9-15)21-23(35)31(18-4-2-1-3-5-18)25(36)32(21)24-28-29-30-33(20)24/h1-13,20H/t20-/m1/s1. The maximum absolute atomic E-state index is 13.9. The molecule has 2 aliphatic heterocycles. The van der Waals surface area contributed by atoms with Crippen molar-refractivity contribution in [2.24, 2.45) is 0 Å². The number of tetrazole rings is 1. The van der Waals surface area contributed by atoms with E-state index in [4.69, 9.17) is 11.6 Å². The highest BCUT2D eigenvalue weighted by molar-refractivity contribution is 6.36. The molecule has 1 saturated heterocycles. The van der Waals surface area contributed by atoms with Crippen LogP contribution in [0.2, 0.25) is 5.02 Å². The molecule has 1 atom stereocenters. The Kier molecular flexibility index (Phi) is 4.97. The molecule has 0 unspecified atom stereocenters. The Morgan fingerprint density at radius 3 is 2.28 bits per heavy atom. The van der Waals surface area contributed by atoms with Gasteiger partial charge in [-0.2, -0.15) is 4.68 Å². The molecule has 0 saturated carbocycles. The fraction of sp³-hybridized carbons (Fsp3) is 0.0400. The summed E-state index contributed by atoms with van der Waals surface area (Å²) in [6.45, 7) is 0. The average molecular weight is 501 g/mol. The van der Waals surface area contributed by atoms with E-state index in [0.717, 1.165) is 21.9 Å². The molecule has 6 rings (SSSR count). The number of hydrogen-bond donors (Lipinski definition) is 0. The maximum Gasteiger partial charge on any atom is 0.343 e. The molecule has 0 aliphatic carbocycles. The fourth-order valence-electron chi connectivity index (χ4n) is 4.41. The first kappa shape index (κ1) is 21.8. The summed E-state index contributed by atoms with van der Waals surface area (Å²) < 4.78 is 14.9. The van der Waals surface area contributed by atoms with Crippen molar-refractivity contribution in [3.8, 4) is 0 Å². The Morgan fingerprint density at radius 2 is 1.58 bits per heavy atom. The SMILES string of the molecule is O=C(C1=C2C(=O)N(c3ccccc3)C(=O)N2c2nnnn2[C@@H]1c1ccc(Cl)cc1)c1ccc(F)cc1. The molecule has 36 heavy (non-hydrogen) atoms. The smallest absolute Gasteiger partial charge is 0.289 e. The molecule has 1 aromatic heterocycles. The van der Waals surface area contributed by atoms with Gasteiger partial charge in [-0.3, -0.25) is 9.59 Å². The second-order valence-corrected chi connectivity index (χ2v) is 8.51. The number of anilines is 2. The van der Waals surface area contributed by atoms with E-state index in [1.165, 1.54) is 16.8 Å². The first-order valence-corrected chi connectivity index (χ1v) is 11.1. The van der Waals surface area contributed by atoms with Gasteiger partial charge in [0, 0.05) is 10.6 Å². The number of benzene rings is 3. The number of urea groups is 1. The van der Waals surface area contributed by atoms with Gasteiger partial charge in [0.05, 0.1) is 11.3 Å². The summed E-state index contributed by atoms with van der Waals surface area (Å²) in [6.07, 6.45) is 0. The number of Topliss-reactive ketones (excluding diaryl/α,β-unsaturated/α-hetero) is 1. The number of fused-ring (bicyclic) bond motifs is 3. The number of nitrogens with zero attached hydrogens (tertiary/aromatic N) is 6. The van der Waals surface area contributed by atoms with Crippen molar-refractivity contribution >= 4 is 41.0 Å². The van der Waals surface area contributed by atoms with Gasteiger partial charge in [0.15, 0.2) is 5.78 Å². The number of aromatic nitrogens is 4. The highest BCUT2D eigenvalue weighted by atomic mass is 35.5. The average Bonchev–Trinajstić information content (AvgIpc) is 3.47. The maximum atomic E-state index is 13.9. The summed E-state index contributed by atoms with van der Waals surface area (Å²) >= 11 is 6.08. The monoisotopic (exact) mass is 500 g/mol. The fourth-order valence-corrected chi connectivity index (χ4v) is 4.53. The van der Waals surface area contributed by atoms with Gasteiger partial charge in [0.25, 0.3) is 11.9 Å². The van der Waals surface area contributed by atoms with Crippen LogP contribution in [0.5, 0.6) is 0 Å². The van der Waals surface area contributed by atoms with Crippen LogP contribution in [0.3, 0.4) is 0 Å². The van der Waals surface area contributed by atoms with Gasteiger partial charge in [-0.15, -0.1) is 0 Å². The van der Waals surface area contributed by atoms with E-state index < -0.39 is 29.6 Å². The van der Waals surface area contributed by atoms with Crippen LogP contribution in [0.4, 0.5) is 20.8 Å². The zero-order valence-corrected chi connectivity index (χ0v) is 19.0. The number of carbonyl (C=O) groups is 3. The minimum Gasteiger partial charge on any atom is -0.289 e. The molecule has 0 spiro atoms. The molecule has 3 heterocycles. The van der Waals surface area contributed by atoms with E-state index in [0.29, 0.717) is 16.3 Å². The van der Waals surface area contributed by atoms with Crippen molar-refractivity contribution in [2.75, 3.05) is 9.80 Å². The van der Waals surface area contributed by atoms with Gasteiger partial charge in [0.2, 0.25) is 0 Å². The summed E-state index contributed by atoms with van der Waals surface area (Å²) in [6, 6.07) is 18.2. The number of carbonyl (C=O) groups excluding carboxylic acids is 3. The Labute approximate surface area is 208 Å². The second kappa shape index (κ2) is 8.21. The van der Waals surface area contributed by atoms with Crippen LogP contribution in [-0.2, 0) is 4.79 Å². The van der Waals surface area contributed by atoms with Crippen molar-refractivity contribution in [2.45, 2.75) is 6.04 Å². The summed E-state index contributed by atoms with van der Waals surface area (Å²) in [5, 5.41) is 12.2. The number of allylic oxidation sites excluding steroid dienone is 1. The number of imide groups is 1. The summed E-state index contributed by atoms with van der Waals surface area (Å²) in [5.74, 6) is -1.82. The molecule has 0 N–H and O–H groups in total. The molecule has 3 aromatic carbocycles. The van der Waals surface area contributed by atoms with E-state index in [1.54, 1.807) is 54.6 Å². The first-order chi connectivity index (χ1) is 17.5. The van der Waals surface area contributed by atoms with Crippen LogP contribution in [0, 0.1) is 5.82 Å². The zero-order valence-electron chi connectivity index (χ0n) is 18.2. The number of ketones is 1. The Balaban J connectivity index is 1.63. The molecule has 4 aromatic rings. The molecular formula is C25H14ClFN6O3. The van der Waals surface area contributed by atoms with Crippen molar-refractivity contribution in [3.63, 3.8) is 0 Å². The van der Waals surface area contributed by atoms with Crippen LogP contribution in [-0.4, -0.2) is 37.9 Å². The number of rotatable bonds is 4. The van der Waals surface area contributed by atoms with Crippen molar-refractivity contribution in [3.05, 3.63) is 112 Å². The van der Waals surface area contributed by atoms with Crippen LogP contribution < -0.4 is 9.80 Å². The summed E-state index contributed by atoms with van der Waals surface area (Å²) in [5.41, 5.74) is 0.822. The van der Waals surface area contributed by atoms with Crippen LogP contribution in [0.15, 0.2) is 90.1 Å². The van der Waals surface area contributed by atoms with Gasteiger partial charge in [-0.05, 0) is 64.5 Å². The molecule has 3 amide bonds. The third kappa shape index (κ3) is 3.23. The third-order valence-electron chi connectivity index (χ3n) is 6.01. The number of halogens is 2. The molecule has 2 aliphatic rings. The minimum atomic E-state index is -0.955. The van der Waals surface area contributed by atoms with Gasteiger partial charge < -0.3 is 0 Å². The van der Waals surface area contributed by atoms with E-state index in [2.05, 4.69) is 15.5 Å². The van der Waals surface area contributed by atoms with Gasteiger partial charge in [-0.25, -0.2) is 19.0 Å². The van der Waals surface area contributed by atoms with Crippen LogP contribution in [0.1, 0.15) is 22.0 Å². The Hall–Kier alpha value is -4.70. The predicted molar refractivity (Wildman–Crippen MR) is 127 cm³/mol. The highest BCUT2D eigenvalue weighted by Gasteiger charge is 2.52. The highest BCUT2D eigenvalue weighted by Crippen LogP contribution is 2.43. The predicted octanol–water partition coefficient (Wildman–Crippen LogP) is 4.18. The van der Waals surface area contributed by atoms with E-state index in [9.17, 15) is 18.8 Å². The molecule has 11 heteroatoms. The summed E-state index contributed by atoms with van der Waals surface area (Å²) in [4.78, 5) is 43.3. The topological polar surface area (TPSA) is 101 Å². The van der Waals surface area contributed by atoms with Crippen molar-refractivity contribution in [1.29, 1.82) is 0 Å². The number of para-hydroxylation sites is 1. The minimum absolute atomic E-state index is 0.0163. The third-order valence-corrected chi connectivity index (χ3v) is 6.26. The zero-order chi connectivity index (χ0) is 25.0. The number of amides is 3. The largest absolute Gasteiger partial charge is 0.343 e. The van der Waals surface area contributed by atoms with Gasteiger partial charge in [-0.1, -0.05) is 47.0 Å². The lowest BCUT2D eigenvalue weighted by Gasteiger charge is -2.30. The van der Waals surface area contributed by atoms with Gasteiger partial charge >= 0.3 is 6.03 Å². The second-order valence-electron chi connectivity index (χ2n) is 8.07. The first-order valence-electron chi connectivity index (χ1n) is 10.8. The number of hydrogen-bond acceptors (Lipinski definition) is 6. The lowest BCUT2D eigenvalue weighted by Crippen LogP contribution is -2.38. The van der Waals surface area contributed by atoms with E-state index in [1.807, 2.05) is 0 Å². The Bertz CT molecular complexity index is 1570. The molecular weight excluding hydrogens is 487 g/mol. The quantitative estimate of drug-likeness (QED) is 0.308. The molecule has 9 nitrogen and oxygen atoms in total.